The van der Waals surface area contributed by atoms with Gasteiger partial charge in [0.1, 0.15) is 0 Å². The van der Waals surface area contributed by atoms with Crippen LogP contribution in [0.25, 0.3) is 0 Å². The van der Waals surface area contributed by atoms with Crippen molar-refractivity contribution >= 4 is 17.2 Å². The summed E-state index contributed by atoms with van der Waals surface area (Å²) in [4.78, 5) is 13.9. The standard InChI is InChI=1S/C16H17NO3S/c1-10(11-3-4-15(20-2)14(18)7-11)17-13(8-16(17)19)12-5-6-21-9-12/h3-7,9-10,13,18H,8H2,1-2H3. The smallest absolute Gasteiger partial charge is 0.226 e. The fourth-order valence-electron chi connectivity index (χ4n) is 2.79. The fraction of sp³-hybridized carbons (Fsp3) is 0.312. The van der Waals surface area contributed by atoms with Crippen LogP contribution >= 0.6 is 11.3 Å². The first-order valence-electron chi connectivity index (χ1n) is 6.82. The Hall–Kier alpha value is -2.01. The fourth-order valence-corrected chi connectivity index (χ4v) is 3.49. The summed E-state index contributed by atoms with van der Waals surface area (Å²) in [5.74, 6) is 0.686. The maximum Gasteiger partial charge on any atom is 0.226 e. The number of methoxy groups -OCH3 is 1. The number of nitrogens with zero attached hydrogens (tertiary/aromatic N) is 1. The van der Waals surface area contributed by atoms with Crippen molar-refractivity contribution in [2.75, 3.05) is 7.11 Å². The molecule has 0 radical (unpaired) electrons. The Labute approximate surface area is 127 Å². The monoisotopic (exact) mass is 303 g/mol. The molecular formula is C16H17NO3S. The summed E-state index contributed by atoms with van der Waals surface area (Å²) >= 11 is 1.64. The van der Waals surface area contributed by atoms with Crippen molar-refractivity contribution in [3.63, 3.8) is 0 Å². The van der Waals surface area contributed by atoms with Gasteiger partial charge in [-0.3, -0.25) is 4.79 Å². The van der Waals surface area contributed by atoms with Crippen molar-refractivity contribution in [3.8, 4) is 11.5 Å². The number of hydrogen-bond acceptors (Lipinski definition) is 4. The van der Waals surface area contributed by atoms with E-state index in [1.807, 2.05) is 23.3 Å². The molecule has 1 amide bonds. The summed E-state index contributed by atoms with van der Waals surface area (Å²) < 4.78 is 5.05. The number of carbonyl (C=O) groups is 1. The van der Waals surface area contributed by atoms with E-state index in [4.69, 9.17) is 4.74 Å². The molecule has 2 unspecified atom stereocenters. The second-order valence-electron chi connectivity index (χ2n) is 5.18. The molecule has 110 valence electrons. The van der Waals surface area contributed by atoms with Gasteiger partial charge in [-0.15, -0.1) is 0 Å². The number of thiophene rings is 1. The number of rotatable bonds is 4. The minimum Gasteiger partial charge on any atom is -0.504 e. The summed E-state index contributed by atoms with van der Waals surface area (Å²) in [6.07, 6.45) is 0.559. The van der Waals surface area contributed by atoms with Gasteiger partial charge >= 0.3 is 0 Å². The lowest BCUT2D eigenvalue weighted by Gasteiger charge is -2.44. The van der Waals surface area contributed by atoms with E-state index in [0.717, 1.165) is 5.56 Å². The molecule has 0 aliphatic carbocycles. The Morgan fingerprint density at radius 1 is 1.43 bits per heavy atom. The first-order chi connectivity index (χ1) is 10.1. The van der Waals surface area contributed by atoms with Gasteiger partial charge in [0.05, 0.1) is 25.6 Å². The number of benzene rings is 1. The first-order valence-corrected chi connectivity index (χ1v) is 7.76. The van der Waals surface area contributed by atoms with Crippen LogP contribution in [0.2, 0.25) is 0 Å². The van der Waals surface area contributed by atoms with Crippen LogP contribution in [0.3, 0.4) is 0 Å². The molecule has 0 bridgehead atoms. The van der Waals surface area contributed by atoms with Gasteiger partial charge in [0.25, 0.3) is 0 Å². The number of phenolic OH excluding ortho intramolecular Hbond substituents is 1. The van der Waals surface area contributed by atoms with Gasteiger partial charge in [0, 0.05) is 0 Å². The zero-order chi connectivity index (χ0) is 15.0. The van der Waals surface area contributed by atoms with Crippen molar-refractivity contribution in [1.82, 2.24) is 4.90 Å². The van der Waals surface area contributed by atoms with Crippen LogP contribution < -0.4 is 4.74 Å². The van der Waals surface area contributed by atoms with Crippen LogP contribution in [0.1, 0.15) is 36.6 Å². The zero-order valence-electron chi connectivity index (χ0n) is 11.9. The third kappa shape index (κ3) is 2.38. The first kappa shape index (κ1) is 13.9. The number of hydrogen-bond donors (Lipinski definition) is 1. The van der Waals surface area contributed by atoms with Crippen molar-refractivity contribution < 1.29 is 14.6 Å². The van der Waals surface area contributed by atoms with Gasteiger partial charge in [-0.25, -0.2) is 0 Å². The summed E-state index contributed by atoms with van der Waals surface area (Å²) in [5, 5.41) is 14.0. The lowest BCUT2D eigenvalue weighted by molar-refractivity contribution is -0.150. The molecule has 3 rings (SSSR count). The molecule has 1 aromatic heterocycles. The summed E-state index contributed by atoms with van der Waals surface area (Å²) in [5.41, 5.74) is 2.09. The van der Waals surface area contributed by atoms with Crippen molar-refractivity contribution in [2.45, 2.75) is 25.4 Å². The van der Waals surface area contributed by atoms with Crippen LogP contribution in [-0.2, 0) is 4.79 Å². The number of ether oxygens (including phenoxy) is 1. The Morgan fingerprint density at radius 3 is 2.81 bits per heavy atom. The average Bonchev–Trinajstić information content (AvgIpc) is 2.98. The van der Waals surface area contributed by atoms with Gasteiger partial charge in [-0.05, 0) is 47.0 Å². The molecule has 1 N–H and O–H groups in total. The number of carbonyl (C=O) groups excluding carboxylic acids is 1. The third-order valence-corrected chi connectivity index (χ3v) is 4.72. The molecule has 4 nitrogen and oxygen atoms in total. The van der Waals surface area contributed by atoms with Gasteiger partial charge in [-0.2, -0.15) is 11.3 Å². The minimum atomic E-state index is -0.0760. The molecule has 1 aromatic carbocycles. The van der Waals surface area contributed by atoms with Crippen LogP contribution in [0.5, 0.6) is 11.5 Å². The number of β-lactam (4-membered cyclic amide) rings is 1. The lowest BCUT2D eigenvalue weighted by atomic mass is 9.91. The average molecular weight is 303 g/mol. The van der Waals surface area contributed by atoms with Crippen LogP contribution in [-0.4, -0.2) is 23.0 Å². The van der Waals surface area contributed by atoms with Crippen LogP contribution in [0.4, 0.5) is 0 Å². The molecular weight excluding hydrogens is 286 g/mol. The van der Waals surface area contributed by atoms with Gasteiger partial charge < -0.3 is 14.7 Å². The molecule has 21 heavy (non-hydrogen) atoms. The Morgan fingerprint density at radius 2 is 2.24 bits per heavy atom. The normalized spacial score (nSPS) is 19.2. The molecule has 5 heteroatoms. The van der Waals surface area contributed by atoms with Crippen molar-refractivity contribution in [2.24, 2.45) is 0 Å². The van der Waals surface area contributed by atoms with E-state index >= 15 is 0 Å². The van der Waals surface area contributed by atoms with E-state index in [1.165, 1.54) is 12.7 Å². The summed E-state index contributed by atoms with van der Waals surface area (Å²) in [7, 11) is 1.52. The third-order valence-electron chi connectivity index (χ3n) is 4.02. The van der Waals surface area contributed by atoms with Gasteiger partial charge in [0.15, 0.2) is 11.5 Å². The Kier molecular flexibility index (Phi) is 3.59. The van der Waals surface area contributed by atoms with Crippen molar-refractivity contribution in [1.29, 1.82) is 0 Å². The highest BCUT2D eigenvalue weighted by Gasteiger charge is 2.40. The molecule has 2 heterocycles. The Bertz CT molecular complexity index is 654. The van der Waals surface area contributed by atoms with Crippen LogP contribution in [0.15, 0.2) is 35.0 Å². The second kappa shape index (κ2) is 5.41. The highest BCUT2D eigenvalue weighted by atomic mass is 32.1. The number of likely N-dealkylation sites (tertiary alicyclic amines) is 1. The molecule has 1 aliphatic heterocycles. The summed E-state index contributed by atoms with van der Waals surface area (Å²) in [6.45, 7) is 1.98. The molecule has 1 saturated heterocycles. The SMILES string of the molecule is COc1ccc(C(C)N2C(=O)CC2c2ccsc2)cc1O. The molecule has 1 fully saturated rings. The zero-order valence-corrected chi connectivity index (χ0v) is 12.8. The highest BCUT2D eigenvalue weighted by molar-refractivity contribution is 7.08. The maximum absolute atomic E-state index is 12.0. The van der Waals surface area contributed by atoms with Gasteiger partial charge in [0.2, 0.25) is 5.91 Å². The highest BCUT2D eigenvalue weighted by Crippen LogP contribution is 2.42. The quantitative estimate of drug-likeness (QED) is 0.880. The van der Waals surface area contributed by atoms with Gasteiger partial charge in [-0.1, -0.05) is 6.07 Å². The Balaban J connectivity index is 1.85. The lowest BCUT2D eigenvalue weighted by Crippen LogP contribution is -2.47. The maximum atomic E-state index is 12.0. The van der Waals surface area contributed by atoms with E-state index in [-0.39, 0.29) is 23.7 Å². The van der Waals surface area contributed by atoms with E-state index < -0.39 is 0 Å². The van der Waals surface area contributed by atoms with E-state index in [1.54, 1.807) is 23.5 Å². The second-order valence-corrected chi connectivity index (χ2v) is 5.96. The molecule has 0 spiro atoms. The molecule has 1 aliphatic rings. The molecule has 2 aromatic rings. The largest absolute Gasteiger partial charge is 0.504 e. The number of phenols is 1. The van der Waals surface area contributed by atoms with Crippen LogP contribution in [0, 0.1) is 0 Å². The van der Waals surface area contributed by atoms with Crippen molar-refractivity contribution in [3.05, 3.63) is 46.2 Å². The summed E-state index contributed by atoms with van der Waals surface area (Å²) in [6, 6.07) is 7.41. The molecule has 0 saturated carbocycles. The van der Waals surface area contributed by atoms with E-state index in [2.05, 4.69) is 11.4 Å². The van der Waals surface area contributed by atoms with E-state index in [0.29, 0.717) is 12.2 Å². The number of amides is 1. The topological polar surface area (TPSA) is 49.8 Å². The predicted octanol–water partition coefficient (Wildman–Crippen LogP) is 3.50. The predicted molar refractivity (Wildman–Crippen MR) is 81.6 cm³/mol. The van der Waals surface area contributed by atoms with E-state index in [9.17, 15) is 9.90 Å². The number of aromatic hydroxyl groups is 1. The minimum absolute atomic E-state index is 0.0760. The molecule has 2 atom stereocenters.